The van der Waals surface area contributed by atoms with E-state index >= 15 is 0 Å². The van der Waals surface area contributed by atoms with Crippen LogP contribution in [0.2, 0.25) is 0 Å². The number of furan rings is 1. The third kappa shape index (κ3) is 6.12. The molecule has 286 valence electrons. The summed E-state index contributed by atoms with van der Waals surface area (Å²) in [5, 5.41) is 6.62. The van der Waals surface area contributed by atoms with Crippen LogP contribution in [0, 0.1) is 0 Å². The highest BCUT2D eigenvalue weighted by atomic mass is 32.1. The molecule has 0 spiro atoms. The van der Waals surface area contributed by atoms with E-state index in [-0.39, 0.29) is 0 Å². The lowest BCUT2D eigenvalue weighted by Crippen LogP contribution is -2.09. The van der Waals surface area contributed by atoms with Crippen molar-refractivity contribution < 1.29 is 4.42 Å². The van der Waals surface area contributed by atoms with Gasteiger partial charge in [-0.15, -0.1) is 11.3 Å². The van der Waals surface area contributed by atoms with E-state index in [1.54, 1.807) is 11.3 Å². The van der Waals surface area contributed by atoms with Gasteiger partial charge in [0.25, 0.3) is 0 Å². The largest absolute Gasteiger partial charge is 0.456 e. The normalized spacial score (nSPS) is 11.6. The molecule has 0 bridgehead atoms. The number of rotatable bonds is 7. The quantitative estimate of drug-likeness (QED) is 0.161. The van der Waals surface area contributed by atoms with E-state index in [1.165, 1.54) is 20.2 Å². The summed E-state index contributed by atoms with van der Waals surface area (Å²) in [4.78, 5) is 18.1. The van der Waals surface area contributed by atoms with Gasteiger partial charge >= 0.3 is 0 Å². The van der Waals surface area contributed by atoms with E-state index in [2.05, 4.69) is 187 Å². The number of nitrogens with zero attached hydrogens (tertiary/aromatic N) is 4. The van der Waals surface area contributed by atoms with Gasteiger partial charge in [0.15, 0.2) is 17.5 Å². The Kier molecular flexibility index (Phi) is 8.28. The maximum Gasteiger partial charge on any atom is 0.164 e. The van der Waals surface area contributed by atoms with Crippen LogP contribution in [0.5, 0.6) is 0 Å². The number of fused-ring (bicyclic) bond motifs is 7. The van der Waals surface area contributed by atoms with E-state index in [0.29, 0.717) is 17.5 Å². The van der Waals surface area contributed by atoms with Crippen LogP contribution in [0.1, 0.15) is 0 Å². The number of anilines is 3. The molecule has 0 aliphatic carbocycles. The molecule has 0 fully saturated rings. The summed E-state index contributed by atoms with van der Waals surface area (Å²) in [7, 11) is 0. The SMILES string of the molecule is c1ccc(N(c2ccccc2)c2cccc(-c3ccc4c(c3)oc3cccc(-c5nc(-c6ccc7ccccc7c6)nc(-c6cccc7sc8ccccc8c67)n5)c34)c2)cc1. The van der Waals surface area contributed by atoms with Gasteiger partial charge in [-0.1, -0.05) is 133 Å². The Labute approximate surface area is 355 Å². The van der Waals surface area contributed by atoms with Crippen molar-refractivity contribution in [3.63, 3.8) is 0 Å². The molecule has 0 aliphatic rings. The zero-order chi connectivity index (χ0) is 40.3. The third-order valence-electron chi connectivity index (χ3n) is 11.5. The van der Waals surface area contributed by atoms with Crippen LogP contribution >= 0.6 is 11.3 Å². The molecule has 0 saturated carbocycles. The minimum absolute atomic E-state index is 0.594. The molecule has 5 nitrogen and oxygen atoms in total. The Hall–Kier alpha value is -7.93. The smallest absolute Gasteiger partial charge is 0.164 e. The van der Waals surface area contributed by atoms with Crippen molar-refractivity contribution in [1.29, 1.82) is 0 Å². The molecular formula is C55H34N4OS. The van der Waals surface area contributed by atoms with Gasteiger partial charge in [-0.2, -0.15) is 0 Å². The van der Waals surface area contributed by atoms with Crippen LogP contribution in [0.4, 0.5) is 17.1 Å². The van der Waals surface area contributed by atoms with Crippen LogP contribution in [-0.2, 0) is 0 Å². The van der Waals surface area contributed by atoms with E-state index in [4.69, 9.17) is 19.4 Å². The number of aromatic nitrogens is 3. The number of hydrogen-bond donors (Lipinski definition) is 0. The molecule has 0 amide bonds. The van der Waals surface area contributed by atoms with Gasteiger partial charge in [-0.3, -0.25) is 0 Å². The van der Waals surface area contributed by atoms with Crippen molar-refractivity contribution in [3.8, 4) is 45.3 Å². The van der Waals surface area contributed by atoms with Crippen LogP contribution in [0.15, 0.2) is 211 Å². The van der Waals surface area contributed by atoms with E-state index in [1.807, 2.05) is 24.3 Å². The van der Waals surface area contributed by atoms with Gasteiger partial charge in [-0.05, 0) is 94.7 Å². The maximum absolute atomic E-state index is 6.69. The monoisotopic (exact) mass is 798 g/mol. The molecule has 12 aromatic rings. The van der Waals surface area contributed by atoms with Crippen molar-refractivity contribution in [2.75, 3.05) is 4.90 Å². The Morgan fingerprint density at radius 1 is 0.361 bits per heavy atom. The molecule has 9 aromatic carbocycles. The molecule has 0 atom stereocenters. The molecule has 12 rings (SSSR count). The lowest BCUT2D eigenvalue weighted by Gasteiger charge is -2.25. The molecule has 6 heteroatoms. The fourth-order valence-electron chi connectivity index (χ4n) is 8.65. The summed E-state index contributed by atoms with van der Waals surface area (Å²) in [6.07, 6.45) is 0. The molecule has 0 radical (unpaired) electrons. The third-order valence-corrected chi connectivity index (χ3v) is 12.6. The molecule has 3 aromatic heterocycles. The van der Waals surface area contributed by atoms with Crippen LogP contribution in [0.3, 0.4) is 0 Å². The van der Waals surface area contributed by atoms with Crippen molar-refractivity contribution >= 4 is 81.3 Å². The first kappa shape index (κ1) is 35.1. The van der Waals surface area contributed by atoms with E-state index < -0.39 is 0 Å². The van der Waals surface area contributed by atoms with Crippen molar-refractivity contribution in [2.45, 2.75) is 0 Å². The fraction of sp³-hybridized carbons (Fsp3) is 0. The highest BCUT2D eigenvalue weighted by Gasteiger charge is 2.21. The van der Waals surface area contributed by atoms with Gasteiger partial charge in [-0.25, -0.2) is 15.0 Å². The first-order valence-corrected chi connectivity index (χ1v) is 21.2. The van der Waals surface area contributed by atoms with Crippen molar-refractivity contribution in [3.05, 3.63) is 206 Å². The minimum atomic E-state index is 0.594. The molecule has 0 N–H and O–H groups in total. The zero-order valence-corrected chi connectivity index (χ0v) is 33.6. The van der Waals surface area contributed by atoms with Gasteiger partial charge < -0.3 is 9.32 Å². The second-order valence-electron chi connectivity index (χ2n) is 15.2. The Morgan fingerprint density at radius 2 is 0.967 bits per heavy atom. The summed E-state index contributed by atoms with van der Waals surface area (Å²) >= 11 is 1.79. The Balaban J connectivity index is 1.01. The fourth-order valence-corrected chi connectivity index (χ4v) is 9.79. The summed E-state index contributed by atoms with van der Waals surface area (Å²) in [6, 6.07) is 72.1. The van der Waals surface area contributed by atoms with Gasteiger partial charge in [0.2, 0.25) is 0 Å². The molecule has 61 heavy (non-hydrogen) atoms. The minimum Gasteiger partial charge on any atom is -0.456 e. The zero-order valence-electron chi connectivity index (χ0n) is 32.7. The van der Waals surface area contributed by atoms with Crippen LogP contribution < -0.4 is 4.90 Å². The number of para-hydroxylation sites is 2. The van der Waals surface area contributed by atoms with Gasteiger partial charge in [0.1, 0.15) is 11.2 Å². The van der Waals surface area contributed by atoms with Gasteiger partial charge in [0.05, 0.1) is 0 Å². The second kappa shape index (κ2) is 14.4. The molecular weight excluding hydrogens is 765 g/mol. The van der Waals surface area contributed by atoms with E-state index in [0.717, 1.165) is 77.6 Å². The van der Waals surface area contributed by atoms with Crippen LogP contribution in [0.25, 0.3) is 98.2 Å². The lowest BCUT2D eigenvalue weighted by molar-refractivity contribution is 0.669. The van der Waals surface area contributed by atoms with Gasteiger partial charge in [0, 0.05) is 64.7 Å². The molecule has 0 aliphatic heterocycles. The first-order valence-electron chi connectivity index (χ1n) is 20.3. The summed E-state index contributed by atoms with van der Waals surface area (Å²) in [6.45, 7) is 0. The van der Waals surface area contributed by atoms with Crippen molar-refractivity contribution in [1.82, 2.24) is 15.0 Å². The Bertz CT molecular complexity index is 3570. The van der Waals surface area contributed by atoms with Crippen molar-refractivity contribution in [2.24, 2.45) is 0 Å². The standard InChI is InChI=1S/C55H34N4OS/c1-3-17-40(18-4-1)59(41-19-5-2-6-20-41)42-21-11-16-37(33-42)38-30-31-43-48(34-38)60-47-25-12-23-45(51(43)47)54-56-53(39-29-28-35-14-7-8-15-36(35)32-39)57-55(58-54)46-24-13-27-50-52(46)44-22-9-10-26-49(44)61-50/h1-34H. The molecule has 0 unspecified atom stereocenters. The summed E-state index contributed by atoms with van der Waals surface area (Å²) < 4.78 is 9.12. The molecule has 3 heterocycles. The predicted octanol–water partition coefficient (Wildman–Crippen LogP) is 15.4. The summed E-state index contributed by atoms with van der Waals surface area (Å²) in [5.41, 5.74) is 9.79. The summed E-state index contributed by atoms with van der Waals surface area (Å²) in [5.74, 6) is 1.85. The first-order chi connectivity index (χ1) is 30.2. The number of benzene rings is 9. The van der Waals surface area contributed by atoms with E-state index in [9.17, 15) is 0 Å². The maximum atomic E-state index is 6.69. The highest BCUT2D eigenvalue weighted by Crippen LogP contribution is 2.42. The average Bonchev–Trinajstić information content (AvgIpc) is 3.90. The highest BCUT2D eigenvalue weighted by molar-refractivity contribution is 7.25. The predicted molar refractivity (Wildman–Crippen MR) is 254 cm³/mol. The number of thiophene rings is 1. The average molecular weight is 799 g/mol. The molecule has 0 saturated heterocycles. The van der Waals surface area contributed by atoms with Crippen LogP contribution in [-0.4, -0.2) is 15.0 Å². The topological polar surface area (TPSA) is 55.1 Å². The number of hydrogen-bond acceptors (Lipinski definition) is 6. The lowest BCUT2D eigenvalue weighted by atomic mass is 10.0. The Morgan fingerprint density at radius 3 is 1.77 bits per heavy atom. The second-order valence-corrected chi connectivity index (χ2v) is 16.3.